The molecular weight excluding hydrogens is 240 g/mol. The molecule has 0 saturated carbocycles. The van der Waals surface area contributed by atoms with Crippen molar-refractivity contribution in [2.24, 2.45) is 0 Å². The highest BCUT2D eigenvalue weighted by Gasteiger charge is 2.11. The van der Waals surface area contributed by atoms with E-state index in [9.17, 15) is 8.78 Å². The number of halogens is 2. The summed E-state index contributed by atoms with van der Waals surface area (Å²) < 4.78 is 28.9. The Morgan fingerprint density at radius 2 is 2.11 bits per heavy atom. The molecule has 0 saturated heterocycles. The minimum atomic E-state index is -2.84. The van der Waals surface area contributed by atoms with Crippen molar-refractivity contribution in [2.45, 2.75) is 13.2 Å². The van der Waals surface area contributed by atoms with Gasteiger partial charge in [-0.2, -0.15) is 8.78 Å². The molecule has 0 spiro atoms. The minimum absolute atomic E-state index is 0.00567. The molecule has 3 nitrogen and oxygen atoms in total. The van der Waals surface area contributed by atoms with Crippen molar-refractivity contribution in [3.8, 4) is 5.75 Å². The second-order valence-electron chi connectivity index (χ2n) is 3.73. The molecule has 0 unspecified atom stereocenters. The average Bonchev–Trinajstić information content (AvgIpc) is 2.31. The molecule has 0 aliphatic heterocycles. The van der Waals surface area contributed by atoms with E-state index in [0.717, 1.165) is 0 Å². The molecule has 100 valence electrons. The lowest BCUT2D eigenvalue weighted by atomic mass is 10.2. The maximum atomic E-state index is 12.2. The standard InChI is InChI=1S/C13H17F2NO2/c1-2-7-16(8-9-17)10-11-5-3-4-6-12(11)18-13(14)15/h2-6,13,17H,1,7-10H2. The molecule has 0 heterocycles. The van der Waals surface area contributed by atoms with Crippen molar-refractivity contribution in [1.29, 1.82) is 0 Å². The average molecular weight is 257 g/mol. The number of alkyl halides is 2. The number of para-hydroxylation sites is 1. The summed E-state index contributed by atoms with van der Waals surface area (Å²) in [6.45, 7) is 2.24. The van der Waals surface area contributed by atoms with Crippen LogP contribution in [0.4, 0.5) is 8.78 Å². The van der Waals surface area contributed by atoms with Gasteiger partial charge in [-0.15, -0.1) is 6.58 Å². The fourth-order valence-corrected chi connectivity index (χ4v) is 1.65. The first-order chi connectivity index (χ1) is 8.67. The zero-order valence-corrected chi connectivity index (χ0v) is 10.1. The Bertz CT molecular complexity index is 372. The molecule has 0 aromatic heterocycles. The van der Waals surface area contributed by atoms with Crippen molar-refractivity contribution < 1.29 is 18.6 Å². The van der Waals surface area contributed by atoms with E-state index in [4.69, 9.17) is 5.11 Å². The number of rotatable bonds is 8. The van der Waals surface area contributed by atoms with Crippen LogP contribution in [0, 0.1) is 0 Å². The van der Waals surface area contributed by atoms with E-state index in [0.29, 0.717) is 25.2 Å². The molecule has 0 radical (unpaired) electrons. The van der Waals surface area contributed by atoms with Crippen LogP contribution in [0.3, 0.4) is 0 Å². The van der Waals surface area contributed by atoms with Crippen molar-refractivity contribution in [3.05, 3.63) is 42.5 Å². The van der Waals surface area contributed by atoms with Gasteiger partial charge in [-0.3, -0.25) is 4.90 Å². The molecule has 0 bridgehead atoms. The lowest BCUT2D eigenvalue weighted by molar-refractivity contribution is -0.0507. The van der Waals surface area contributed by atoms with Crippen LogP contribution in [0.2, 0.25) is 0 Å². The van der Waals surface area contributed by atoms with Crippen LogP contribution in [0.1, 0.15) is 5.56 Å². The van der Waals surface area contributed by atoms with Crippen molar-refractivity contribution in [3.63, 3.8) is 0 Å². The van der Waals surface area contributed by atoms with Gasteiger partial charge in [0.25, 0.3) is 0 Å². The smallest absolute Gasteiger partial charge is 0.387 e. The molecule has 0 amide bonds. The van der Waals surface area contributed by atoms with E-state index in [1.54, 1.807) is 24.3 Å². The molecule has 18 heavy (non-hydrogen) atoms. The largest absolute Gasteiger partial charge is 0.434 e. The van der Waals surface area contributed by atoms with Gasteiger partial charge in [0.05, 0.1) is 6.61 Å². The molecule has 0 fully saturated rings. The Morgan fingerprint density at radius 3 is 2.72 bits per heavy atom. The Hall–Kier alpha value is -1.46. The van der Waals surface area contributed by atoms with E-state index in [-0.39, 0.29) is 12.4 Å². The first kappa shape index (κ1) is 14.6. The van der Waals surface area contributed by atoms with E-state index < -0.39 is 6.61 Å². The van der Waals surface area contributed by atoms with Crippen molar-refractivity contribution in [1.82, 2.24) is 4.90 Å². The Kier molecular flexibility index (Phi) is 6.32. The van der Waals surface area contributed by atoms with Gasteiger partial charge in [-0.1, -0.05) is 24.3 Å². The number of hydrogen-bond donors (Lipinski definition) is 1. The summed E-state index contributed by atoms with van der Waals surface area (Å²) in [5.74, 6) is 0.166. The minimum Gasteiger partial charge on any atom is -0.434 e. The maximum Gasteiger partial charge on any atom is 0.387 e. The molecule has 1 rings (SSSR count). The summed E-state index contributed by atoms with van der Waals surface area (Å²) in [7, 11) is 0. The summed E-state index contributed by atoms with van der Waals surface area (Å²) in [4.78, 5) is 1.89. The topological polar surface area (TPSA) is 32.7 Å². The van der Waals surface area contributed by atoms with Crippen LogP contribution in [0.25, 0.3) is 0 Å². The third kappa shape index (κ3) is 4.81. The molecule has 1 aromatic rings. The fourth-order valence-electron chi connectivity index (χ4n) is 1.65. The van der Waals surface area contributed by atoms with Crippen LogP contribution >= 0.6 is 0 Å². The first-order valence-corrected chi connectivity index (χ1v) is 5.64. The maximum absolute atomic E-state index is 12.2. The lowest BCUT2D eigenvalue weighted by Gasteiger charge is -2.21. The zero-order chi connectivity index (χ0) is 13.4. The summed E-state index contributed by atoms with van der Waals surface area (Å²) in [6.07, 6.45) is 1.70. The van der Waals surface area contributed by atoms with Gasteiger partial charge in [-0.25, -0.2) is 0 Å². The molecule has 0 aliphatic rings. The van der Waals surface area contributed by atoms with Gasteiger partial charge in [0, 0.05) is 25.2 Å². The SMILES string of the molecule is C=CCN(CCO)Cc1ccccc1OC(F)F. The number of aliphatic hydroxyl groups is 1. The van der Waals surface area contributed by atoms with Gasteiger partial charge in [0.2, 0.25) is 0 Å². The molecule has 1 N–H and O–H groups in total. The Balaban J connectivity index is 2.77. The summed E-state index contributed by atoms with van der Waals surface area (Å²) in [6, 6.07) is 6.64. The second kappa shape index (κ2) is 7.79. The third-order valence-electron chi connectivity index (χ3n) is 2.39. The van der Waals surface area contributed by atoms with Gasteiger partial charge in [0.1, 0.15) is 5.75 Å². The zero-order valence-electron chi connectivity index (χ0n) is 10.1. The molecular formula is C13H17F2NO2. The van der Waals surface area contributed by atoms with Gasteiger partial charge in [-0.05, 0) is 6.07 Å². The van der Waals surface area contributed by atoms with Crippen LogP contribution < -0.4 is 4.74 Å². The van der Waals surface area contributed by atoms with E-state index in [1.165, 1.54) is 6.07 Å². The summed E-state index contributed by atoms with van der Waals surface area (Å²) in [5.41, 5.74) is 0.660. The quantitative estimate of drug-likeness (QED) is 0.725. The number of benzene rings is 1. The molecule has 0 aliphatic carbocycles. The van der Waals surface area contributed by atoms with Gasteiger partial charge < -0.3 is 9.84 Å². The number of nitrogens with zero attached hydrogens (tertiary/aromatic N) is 1. The lowest BCUT2D eigenvalue weighted by Crippen LogP contribution is -2.26. The predicted molar refractivity (Wildman–Crippen MR) is 65.6 cm³/mol. The molecule has 5 heteroatoms. The highest BCUT2D eigenvalue weighted by atomic mass is 19.3. The predicted octanol–water partition coefficient (Wildman–Crippen LogP) is 2.27. The third-order valence-corrected chi connectivity index (χ3v) is 2.39. The van der Waals surface area contributed by atoms with E-state index in [2.05, 4.69) is 11.3 Å². The molecule has 1 aromatic carbocycles. The Labute approximate surface area is 105 Å². The number of hydrogen-bond acceptors (Lipinski definition) is 3. The van der Waals surface area contributed by atoms with Crippen LogP contribution in [-0.2, 0) is 6.54 Å². The number of aliphatic hydroxyl groups excluding tert-OH is 1. The van der Waals surface area contributed by atoms with Gasteiger partial charge in [0.15, 0.2) is 0 Å². The van der Waals surface area contributed by atoms with Crippen molar-refractivity contribution >= 4 is 0 Å². The Morgan fingerprint density at radius 1 is 1.39 bits per heavy atom. The van der Waals surface area contributed by atoms with Crippen molar-refractivity contribution in [2.75, 3.05) is 19.7 Å². The summed E-state index contributed by atoms with van der Waals surface area (Å²) in [5, 5.41) is 8.93. The van der Waals surface area contributed by atoms with Crippen LogP contribution in [0.15, 0.2) is 36.9 Å². The fraction of sp³-hybridized carbons (Fsp3) is 0.385. The van der Waals surface area contributed by atoms with Gasteiger partial charge >= 0.3 is 6.61 Å². The molecule has 0 atom stereocenters. The first-order valence-electron chi connectivity index (χ1n) is 5.64. The van der Waals surface area contributed by atoms with E-state index >= 15 is 0 Å². The highest BCUT2D eigenvalue weighted by molar-refractivity contribution is 5.33. The van der Waals surface area contributed by atoms with E-state index in [1.807, 2.05) is 4.90 Å². The van der Waals surface area contributed by atoms with Crippen LogP contribution in [0.5, 0.6) is 5.75 Å². The monoisotopic (exact) mass is 257 g/mol. The second-order valence-corrected chi connectivity index (χ2v) is 3.73. The highest BCUT2D eigenvalue weighted by Crippen LogP contribution is 2.21. The number of ether oxygens (including phenoxy) is 1. The summed E-state index contributed by atoms with van der Waals surface area (Å²) >= 11 is 0. The normalized spacial score (nSPS) is 10.9. The van der Waals surface area contributed by atoms with Crippen LogP contribution in [-0.4, -0.2) is 36.3 Å².